The van der Waals surface area contributed by atoms with Gasteiger partial charge in [0.2, 0.25) is 0 Å². The summed E-state index contributed by atoms with van der Waals surface area (Å²) >= 11 is 1.30. The lowest BCUT2D eigenvalue weighted by molar-refractivity contribution is -0.137. The van der Waals surface area contributed by atoms with Crippen LogP contribution in [0.5, 0.6) is 0 Å². The lowest BCUT2D eigenvalue weighted by Gasteiger charge is -2.11. The fourth-order valence-corrected chi connectivity index (χ4v) is 2.49. The summed E-state index contributed by atoms with van der Waals surface area (Å²) < 4.78 is 38.4. The number of carbonyl (C=O) groups excluding carboxylic acids is 1. The molecule has 0 aliphatic heterocycles. The fourth-order valence-electron chi connectivity index (χ4n) is 1.67. The van der Waals surface area contributed by atoms with Crippen LogP contribution in [-0.4, -0.2) is 5.78 Å². The molecule has 1 aromatic carbocycles. The summed E-state index contributed by atoms with van der Waals surface area (Å²) in [5, 5.41) is 3.31. The van der Waals surface area contributed by atoms with Crippen molar-refractivity contribution in [2.75, 3.05) is 0 Å². The average Bonchev–Trinajstić information content (AvgIpc) is 2.73. The molecule has 0 saturated heterocycles. The summed E-state index contributed by atoms with van der Waals surface area (Å²) in [7, 11) is 0. The second-order valence-electron chi connectivity index (χ2n) is 3.84. The second-order valence-corrected chi connectivity index (χ2v) is 4.58. The van der Waals surface area contributed by atoms with Gasteiger partial charge in [0.05, 0.1) is 5.56 Å². The quantitative estimate of drug-likeness (QED) is 0.743. The minimum absolute atomic E-state index is 0.300. The Morgan fingerprint density at radius 2 is 1.78 bits per heavy atom. The normalized spacial score (nSPS) is 11.6. The van der Waals surface area contributed by atoms with Crippen LogP contribution in [0.4, 0.5) is 13.2 Å². The van der Waals surface area contributed by atoms with E-state index in [2.05, 4.69) is 0 Å². The van der Waals surface area contributed by atoms with Crippen LogP contribution in [-0.2, 0) is 6.18 Å². The first-order chi connectivity index (χ1) is 8.41. The number of rotatable bonds is 2. The van der Waals surface area contributed by atoms with Crippen LogP contribution in [0.3, 0.4) is 0 Å². The van der Waals surface area contributed by atoms with E-state index in [1.807, 2.05) is 0 Å². The molecular weight excluding hydrogens is 261 g/mol. The highest BCUT2D eigenvalue weighted by molar-refractivity contribution is 7.08. The summed E-state index contributed by atoms with van der Waals surface area (Å²) in [4.78, 5) is 12.1. The highest BCUT2D eigenvalue weighted by Crippen LogP contribution is 2.33. The van der Waals surface area contributed by atoms with Crippen LogP contribution in [0.15, 0.2) is 35.0 Å². The first kappa shape index (κ1) is 12.8. The van der Waals surface area contributed by atoms with Gasteiger partial charge in [0.15, 0.2) is 5.78 Å². The predicted octanol–water partition coefficient (Wildman–Crippen LogP) is 4.31. The van der Waals surface area contributed by atoms with Crippen LogP contribution in [0.1, 0.15) is 27.0 Å². The molecule has 0 spiro atoms. The first-order valence-electron chi connectivity index (χ1n) is 5.15. The van der Waals surface area contributed by atoms with Gasteiger partial charge < -0.3 is 0 Å². The number of alkyl halides is 3. The molecule has 0 unspecified atom stereocenters. The summed E-state index contributed by atoms with van der Waals surface area (Å²) in [6.45, 7) is 1.71. The number of aryl methyl sites for hydroxylation is 1. The SMILES string of the molecule is Cc1cscc1C(=O)c1ccccc1C(F)(F)F. The number of thiophene rings is 1. The Balaban J connectivity index is 2.53. The Hall–Kier alpha value is -1.62. The number of hydrogen-bond acceptors (Lipinski definition) is 2. The van der Waals surface area contributed by atoms with Gasteiger partial charge in [0.1, 0.15) is 0 Å². The molecule has 0 saturated carbocycles. The molecule has 0 radical (unpaired) electrons. The molecule has 0 fully saturated rings. The smallest absolute Gasteiger partial charge is 0.289 e. The van der Waals surface area contributed by atoms with Crippen molar-refractivity contribution in [2.24, 2.45) is 0 Å². The lowest BCUT2D eigenvalue weighted by Crippen LogP contribution is -2.13. The number of halogens is 3. The Morgan fingerprint density at radius 1 is 1.11 bits per heavy atom. The predicted molar refractivity (Wildman–Crippen MR) is 63.9 cm³/mol. The van der Waals surface area contributed by atoms with Gasteiger partial charge in [-0.05, 0) is 23.9 Å². The van der Waals surface area contributed by atoms with Gasteiger partial charge in [-0.15, -0.1) is 0 Å². The monoisotopic (exact) mass is 270 g/mol. The van der Waals surface area contributed by atoms with E-state index in [0.717, 1.165) is 6.07 Å². The van der Waals surface area contributed by atoms with Crippen molar-refractivity contribution in [2.45, 2.75) is 13.1 Å². The Labute approximate surface area is 106 Å². The topological polar surface area (TPSA) is 17.1 Å². The fraction of sp³-hybridized carbons (Fsp3) is 0.154. The maximum Gasteiger partial charge on any atom is 0.417 e. The molecule has 1 aromatic heterocycles. The van der Waals surface area contributed by atoms with Crippen molar-refractivity contribution in [3.8, 4) is 0 Å². The van der Waals surface area contributed by atoms with E-state index in [-0.39, 0.29) is 5.56 Å². The highest BCUT2D eigenvalue weighted by Gasteiger charge is 2.35. The third-order valence-electron chi connectivity index (χ3n) is 2.58. The molecule has 0 aliphatic rings. The van der Waals surface area contributed by atoms with Crippen LogP contribution in [0.2, 0.25) is 0 Å². The lowest BCUT2D eigenvalue weighted by atomic mass is 9.98. The van der Waals surface area contributed by atoms with Gasteiger partial charge >= 0.3 is 6.18 Å². The molecule has 0 bridgehead atoms. The van der Waals surface area contributed by atoms with Gasteiger partial charge in [-0.1, -0.05) is 18.2 Å². The molecule has 0 atom stereocenters. The van der Waals surface area contributed by atoms with Crippen molar-refractivity contribution in [3.63, 3.8) is 0 Å². The third kappa shape index (κ3) is 2.31. The van der Waals surface area contributed by atoms with Gasteiger partial charge in [-0.3, -0.25) is 4.79 Å². The summed E-state index contributed by atoms with van der Waals surface area (Å²) in [6, 6.07) is 4.85. The van der Waals surface area contributed by atoms with E-state index >= 15 is 0 Å². The van der Waals surface area contributed by atoms with E-state index in [0.29, 0.717) is 11.1 Å². The average molecular weight is 270 g/mol. The van der Waals surface area contributed by atoms with Crippen molar-refractivity contribution < 1.29 is 18.0 Å². The first-order valence-corrected chi connectivity index (χ1v) is 6.09. The molecular formula is C13H9F3OS. The molecule has 2 rings (SSSR count). The van der Waals surface area contributed by atoms with Gasteiger partial charge in [0.25, 0.3) is 0 Å². The number of carbonyl (C=O) groups is 1. The summed E-state index contributed by atoms with van der Waals surface area (Å²) in [5.74, 6) is -0.582. The van der Waals surface area contributed by atoms with Crippen LogP contribution < -0.4 is 0 Å². The number of ketones is 1. The van der Waals surface area contributed by atoms with E-state index in [1.165, 1.54) is 29.5 Å². The van der Waals surface area contributed by atoms with E-state index in [1.54, 1.807) is 17.7 Å². The third-order valence-corrected chi connectivity index (χ3v) is 3.44. The zero-order valence-corrected chi connectivity index (χ0v) is 10.2. The molecule has 2 aromatic rings. The Kier molecular flexibility index (Phi) is 3.26. The van der Waals surface area contributed by atoms with Crippen molar-refractivity contribution in [3.05, 3.63) is 57.3 Å². The minimum atomic E-state index is -4.52. The highest BCUT2D eigenvalue weighted by atomic mass is 32.1. The minimum Gasteiger partial charge on any atom is -0.289 e. The van der Waals surface area contributed by atoms with Crippen molar-refractivity contribution in [1.82, 2.24) is 0 Å². The van der Waals surface area contributed by atoms with E-state index in [4.69, 9.17) is 0 Å². The molecule has 1 heterocycles. The van der Waals surface area contributed by atoms with Crippen molar-refractivity contribution >= 4 is 17.1 Å². The standard InChI is InChI=1S/C13H9F3OS/c1-8-6-18-7-10(8)12(17)9-4-2-3-5-11(9)13(14,15)16/h2-7H,1H3. The zero-order chi connectivity index (χ0) is 13.3. The van der Waals surface area contributed by atoms with Crippen LogP contribution in [0, 0.1) is 6.92 Å². The maximum atomic E-state index is 12.8. The summed E-state index contributed by atoms with van der Waals surface area (Å²) in [5.41, 5.74) is -0.161. The second kappa shape index (κ2) is 4.57. The zero-order valence-electron chi connectivity index (χ0n) is 9.41. The van der Waals surface area contributed by atoms with E-state index in [9.17, 15) is 18.0 Å². The Morgan fingerprint density at radius 3 is 2.33 bits per heavy atom. The molecule has 0 N–H and O–H groups in total. The van der Waals surface area contributed by atoms with Crippen LogP contribution in [0.25, 0.3) is 0 Å². The molecule has 94 valence electrons. The maximum absolute atomic E-state index is 12.8. The van der Waals surface area contributed by atoms with Crippen LogP contribution >= 0.6 is 11.3 Å². The van der Waals surface area contributed by atoms with Crippen molar-refractivity contribution in [1.29, 1.82) is 0 Å². The van der Waals surface area contributed by atoms with E-state index < -0.39 is 17.5 Å². The molecule has 1 nitrogen and oxygen atoms in total. The largest absolute Gasteiger partial charge is 0.417 e. The number of benzene rings is 1. The van der Waals surface area contributed by atoms with Gasteiger partial charge in [-0.2, -0.15) is 24.5 Å². The Bertz CT molecular complexity index is 584. The molecule has 0 aliphatic carbocycles. The molecule has 5 heteroatoms. The van der Waals surface area contributed by atoms with Gasteiger partial charge in [-0.25, -0.2) is 0 Å². The summed E-state index contributed by atoms with van der Waals surface area (Å²) in [6.07, 6.45) is -4.52. The number of hydrogen-bond donors (Lipinski definition) is 0. The molecule has 0 amide bonds. The molecule has 18 heavy (non-hydrogen) atoms. The van der Waals surface area contributed by atoms with Gasteiger partial charge in [0, 0.05) is 16.5 Å².